The predicted molar refractivity (Wildman–Crippen MR) is 108 cm³/mol. The predicted octanol–water partition coefficient (Wildman–Crippen LogP) is 5.37. The van der Waals surface area contributed by atoms with E-state index in [9.17, 15) is 9.18 Å². The number of carbonyl (C=O) groups excluding carboxylic acids is 1. The van der Waals surface area contributed by atoms with Crippen molar-refractivity contribution in [1.29, 1.82) is 0 Å². The lowest BCUT2D eigenvalue weighted by Gasteiger charge is -2.05. The molecule has 2 heterocycles. The van der Waals surface area contributed by atoms with Crippen molar-refractivity contribution in [2.75, 3.05) is 6.61 Å². The van der Waals surface area contributed by atoms with Crippen molar-refractivity contribution < 1.29 is 13.9 Å². The maximum absolute atomic E-state index is 14.3. The number of aromatic amines is 1. The van der Waals surface area contributed by atoms with Crippen LogP contribution in [-0.2, 0) is 4.74 Å². The maximum Gasteiger partial charge on any atom is 0.338 e. The molecule has 0 amide bonds. The highest BCUT2D eigenvalue weighted by Crippen LogP contribution is 2.30. The number of hydrogen-bond acceptors (Lipinski definition) is 4. The largest absolute Gasteiger partial charge is 0.462 e. The number of fused-ring (bicyclic) bond motifs is 1. The van der Waals surface area contributed by atoms with Crippen molar-refractivity contribution in [3.05, 3.63) is 70.5 Å². The molecule has 0 radical (unpaired) electrons. The quantitative estimate of drug-likeness (QED) is 0.434. The molecule has 28 heavy (non-hydrogen) atoms. The van der Waals surface area contributed by atoms with Crippen LogP contribution in [0, 0.1) is 5.82 Å². The average molecular weight is 440 g/mol. The molecule has 0 saturated carbocycles. The number of rotatable bonds is 4. The lowest BCUT2D eigenvalue weighted by atomic mass is 10.1. The minimum absolute atomic E-state index is 0.333. The van der Waals surface area contributed by atoms with E-state index in [1.165, 1.54) is 6.07 Å². The standard InChI is InChI=1S/C21H15BrFN3O2/c1-2-28-21(27)13-5-3-12(4-6-13)18-10-9-16-19(25-26-20(16)24-18)15-8-7-14(22)11-17(15)23/h3-11H,2H2,1H3,(H,24,25,26). The number of aromatic nitrogens is 3. The Bertz CT molecular complexity index is 1170. The Balaban J connectivity index is 1.69. The van der Waals surface area contributed by atoms with E-state index in [0.29, 0.717) is 33.5 Å². The first-order valence-corrected chi connectivity index (χ1v) is 9.44. The van der Waals surface area contributed by atoms with Crippen molar-refractivity contribution in [3.8, 4) is 22.5 Å². The molecule has 2 aromatic carbocycles. The fraction of sp³-hybridized carbons (Fsp3) is 0.0952. The van der Waals surface area contributed by atoms with Crippen LogP contribution < -0.4 is 0 Å². The van der Waals surface area contributed by atoms with E-state index >= 15 is 0 Å². The summed E-state index contributed by atoms with van der Waals surface area (Å²) < 4.78 is 20.0. The SMILES string of the molecule is CCOC(=O)c1ccc(-c2ccc3c(-c4ccc(Br)cc4F)n[nH]c3n2)cc1. The second-order valence-corrected chi connectivity index (χ2v) is 7.00. The highest BCUT2D eigenvalue weighted by Gasteiger charge is 2.14. The van der Waals surface area contributed by atoms with Gasteiger partial charge in [-0.05, 0) is 49.4 Å². The van der Waals surface area contributed by atoms with Crippen molar-refractivity contribution in [2.45, 2.75) is 6.92 Å². The van der Waals surface area contributed by atoms with Crippen LogP contribution in [0.1, 0.15) is 17.3 Å². The summed E-state index contributed by atoms with van der Waals surface area (Å²) in [5.41, 5.74) is 3.53. The van der Waals surface area contributed by atoms with E-state index in [2.05, 4.69) is 31.1 Å². The lowest BCUT2D eigenvalue weighted by Crippen LogP contribution is -2.04. The minimum atomic E-state index is -0.360. The second kappa shape index (κ2) is 7.52. The van der Waals surface area contributed by atoms with Crippen molar-refractivity contribution in [3.63, 3.8) is 0 Å². The Hall–Kier alpha value is -3.06. The summed E-state index contributed by atoms with van der Waals surface area (Å²) in [4.78, 5) is 16.4. The highest BCUT2D eigenvalue weighted by molar-refractivity contribution is 9.10. The summed E-state index contributed by atoms with van der Waals surface area (Å²) in [6.07, 6.45) is 0. The molecule has 2 aromatic heterocycles. The maximum atomic E-state index is 14.3. The monoisotopic (exact) mass is 439 g/mol. The summed E-state index contributed by atoms with van der Waals surface area (Å²) >= 11 is 3.26. The van der Waals surface area contributed by atoms with Gasteiger partial charge in [0.25, 0.3) is 0 Å². The number of pyridine rings is 1. The highest BCUT2D eigenvalue weighted by atomic mass is 79.9. The van der Waals surface area contributed by atoms with Crippen molar-refractivity contribution >= 4 is 32.9 Å². The minimum Gasteiger partial charge on any atom is -0.462 e. The van der Waals surface area contributed by atoms with Gasteiger partial charge in [0.1, 0.15) is 11.5 Å². The van der Waals surface area contributed by atoms with Gasteiger partial charge in [0.2, 0.25) is 0 Å². The molecular weight excluding hydrogens is 425 g/mol. The Morgan fingerprint density at radius 1 is 1.14 bits per heavy atom. The fourth-order valence-electron chi connectivity index (χ4n) is 2.94. The number of halogens is 2. The first-order valence-electron chi connectivity index (χ1n) is 8.65. The van der Waals surface area contributed by atoms with Crippen LogP contribution >= 0.6 is 15.9 Å². The number of esters is 1. The molecule has 0 unspecified atom stereocenters. The van der Waals surface area contributed by atoms with Crippen LogP contribution in [0.15, 0.2) is 59.1 Å². The molecule has 4 aromatic rings. The van der Waals surface area contributed by atoms with Gasteiger partial charge in [-0.15, -0.1) is 0 Å². The second-order valence-electron chi connectivity index (χ2n) is 6.09. The topological polar surface area (TPSA) is 67.9 Å². The summed E-state index contributed by atoms with van der Waals surface area (Å²) in [5.74, 6) is -0.714. The number of H-pyrrole nitrogens is 1. The third-order valence-corrected chi connectivity index (χ3v) is 4.80. The summed E-state index contributed by atoms with van der Waals surface area (Å²) in [6.45, 7) is 2.10. The zero-order chi connectivity index (χ0) is 19.7. The molecule has 4 rings (SSSR count). The van der Waals surface area contributed by atoms with Crippen molar-refractivity contribution in [1.82, 2.24) is 15.2 Å². The molecule has 0 fully saturated rings. The summed E-state index contributed by atoms with van der Waals surface area (Å²) in [6, 6.07) is 15.6. The molecule has 140 valence electrons. The van der Waals surface area contributed by atoms with Gasteiger partial charge < -0.3 is 4.74 Å². The van der Waals surface area contributed by atoms with E-state index in [1.807, 2.05) is 24.3 Å². The Kier molecular flexibility index (Phi) is 4.92. The van der Waals surface area contributed by atoms with Gasteiger partial charge in [0.05, 0.1) is 17.9 Å². The molecule has 0 atom stereocenters. The van der Waals surface area contributed by atoms with Gasteiger partial charge in [0.15, 0.2) is 5.65 Å². The van der Waals surface area contributed by atoms with Crippen LogP contribution in [0.5, 0.6) is 0 Å². The normalized spacial score (nSPS) is 11.0. The molecule has 0 spiro atoms. The molecule has 0 aliphatic carbocycles. The third-order valence-electron chi connectivity index (χ3n) is 4.30. The van der Waals surface area contributed by atoms with E-state index in [1.54, 1.807) is 31.2 Å². The number of ether oxygens (including phenoxy) is 1. The van der Waals surface area contributed by atoms with Gasteiger partial charge in [-0.3, -0.25) is 5.10 Å². The molecule has 7 heteroatoms. The molecule has 0 saturated heterocycles. The third kappa shape index (κ3) is 3.41. The molecule has 0 aliphatic heterocycles. The van der Waals surface area contributed by atoms with Crippen LogP contribution in [0.25, 0.3) is 33.5 Å². The Labute approximate surface area is 168 Å². The van der Waals surface area contributed by atoms with Gasteiger partial charge in [-0.2, -0.15) is 5.10 Å². The van der Waals surface area contributed by atoms with Gasteiger partial charge in [-0.25, -0.2) is 14.2 Å². The number of benzene rings is 2. The van der Waals surface area contributed by atoms with Crippen molar-refractivity contribution in [2.24, 2.45) is 0 Å². The number of nitrogens with one attached hydrogen (secondary N) is 1. The van der Waals surface area contributed by atoms with E-state index in [0.717, 1.165) is 16.6 Å². The average Bonchev–Trinajstić information content (AvgIpc) is 3.11. The zero-order valence-corrected chi connectivity index (χ0v) is 16.5. The molecular formula is C21H15BrFN3O2. The number of hydrogen-bond donors (Lipinski definition) is 1. The molecule has 0 bridgehead atoms. The van der Waals surface area contributed by atoms with Crippen LogP contribution in [0.2, 0.25) is 0 Å². The van der Waals surface area contributed by atoms with Gasteiger partial charge in [0, 0.05) is 21.0 Å². The molecule has 0 aliphatic rings. The van der Waals surface area contributed by atoms with Crippen LogP contribution in [0.4, 0.5) is 4.39 Å². The van der Waals surface area contributed by atoms with Gasteiger partial charge in [-0.1, -0.05) is 28.1 Å². The fourth-order valence-corrected chi connectivity index (χ4v) is 3.28. The smallest absolute Gasteiger partial charge is 0.338 e. The van der Waals surface area contributed by atoms with E-state index in [4.69, 9.17) is 4.74 Å². The van der Waals surface area contributed by atoms with E-state index < -0.39 is 0 Å². The van der Waals surface area contributed by atoms with Gasteiger partial charge >= 0.3 is 5.97 Å². The van der Waals surface area contributed by atoms with Crippen LogP contribution in [0.3, 0.4) is 0 Å². The first kappa shape index (κ1) is 18.3. The zero-order valence-electron chi connectivity index (χ0n) is 14.9. The summed E-state index contributed by atoms with van der Waals surface area (Å²) in [5, 5.41) is 7.85. The Morgan fingerprint density at radius 2 is 1.93 bits per heavy atom. The Morgan fingerprint density at radius 3 is 2.64 bits per heavy atom. The summed E-state index contributed by atoms with van der Waals surface area (Å²) in [7, 11) is 0. The number of nitrogens with zero attached hydrogens (tertiary/aromatic N) is 2. The number of carbonyl (C=O) groups is 1. The van der Waals surface area contributed by atoms with Crippen LogP contribution in [-0.4, -0.2) is 27.8 Å². The molecule has 5 nitrogen and oxygen atoms in total. The molecule has 1 N–H and O–H groups in total. The first-order chi connectivity index (χ1) is 13.6. The van der Waals surface area contributed by atoms with E-state index in [-0.39, 0.29) is 11.8 Å². The lowest BCUT2D eigenvalue weighted by molar-refractivity contribution is 0.0526.